The number of anilines is 2. The van der Waals surface area contributed by atoms with Crippen LogP contribution in [0, 0.1) is 0 Å². The zero-order chi connectivity index (χ0) is 10.7. The van der Waals surface area contributed by atoms with Crippen LogP contribution in [-0.2, 0) is 0 Å². The molecule has 0 aliphatic rings. The molecule has 1 rings (SSSR count). The van der Waals surface area contributed by atoms with Gasteiger partial charge in [0.25, 0.3) is 5.91 Å². The average Bonchev–Trinajstić information content (AvgIpc) is 2.17. The highest BCUT2D eigenvalue weighted by molar-refractivity contribution is 5.99. The van der Waals surface area contributed by atoms with Gasteiger partial charge < -0.3 is 16.4 Å². The molecule has 0 aromatic heterocycles. The Morgan fingerprint density at radius 3 is 2.64 bits per heavy atom. The van der Waals surface area contributed by atoms with Crippen molar-refractivity contribution in [1.82, 2.24) is 0 Å². The number of nitrogens with zero attached hydrogens (tertiary/aromatic N) is 1. The molecule has 4 N–H and O–H groups in total. The van der Waals surface area contributed by atoms with Crippen molar-refractivity contribution in [2.45, 2.75) is 6.92 Å². The Bertz CT molecular complexity index is 349. The van der Waals surface area contributed by atoms with E-state index in [0.717, 1.165) is 12.2 Å². The largest absolute Gasteiger partial charge is 0.398 e. The Labute approximate surface area is 83.5 Å². The molecule has 0 heterocycles. The summed E-state index contributed by atoms with van der Waals surface area (Å²) >= 11 is 0. The highest BCUT2D eigenvalue weighted by Gasteiger charge is 2.07. The van der Waals surface area contributed by atoms with Crippen molar-refractivity contribution in [3.05, 3.63) is 23.8 Å². The molecule has 0 radical (unpaired) electrons. The van der Waals surface area contributed by atoms with Crippen LogP contribution in [-0.4, -0.2) is 19.5 Å². The van der Waals surface area contributed by atoms with Gasteiger partial charge in [-0.25, -0.2) is 0 Å². The smallest absolute Gasteiger partial charge is 0.250 e. The summed E-state index contributed by atoms with van der Waals surface area (Å²) in [7, 11) is 1.94. The van der Waals surface area contributed by atoms with E-state index in [1.807, 2.05) is 24.9 Å². The Hall–Kier alpha value is -1.71. The summed E-state index contributed by atoms with van der Waals surface area (Å²) < 4.78 is 0. The van der Waals surface area contributed by atoms with Crippen molar-refractivity contribution in [2.24, 2.45) is 5.73 Å². The zero-order valence-electron chi connectivity index (χ0n) is 8.45. The Morgan fingerprint density at radius 1 is 1.50 bits per heavy atom. The number of rotatable bonds is 3. The maximum Gasteiger partial charge on any atom is 0.250 e. The summed E-state index contributed by atoms with van der Waals surface area (Å²) in [5.74, 6) is -0.492. The first-order valence-electron chi connectivity index (χ1n) is 4.46. The van der Waals surface area contributed by atoms with Gasteiger partial charge >= 0.3 is 0 Å². The van der Waals surface area contributed by atoms with E-state index in [1.54, 1.807) is 12.1 Å². The standard InChI is InChI=1S/C10H15N3O/c1-3-13(2)7-4-5-9(11)8(6-7)10(12)14/h4-6H,3,11H2,1-2H3,(H2,12,14). The second kappa shape index (κ2) is 4.00. The molecular formula is C10H15N3O. The molecule has 1 amide bonds. The molecule has 0 spiro atoms. The third-order valence-electron chi connectivity index (χ3n) is 2.22. The minimum absolute atomic E-state index is 0.378. The lowest BCUT2D eigenvalue weighted by molar-refractivity contribution is 0.100. The molecular weight excluding hydrogens is 178 g/mol. The summed E-state index contributed by atoms with van der Waals surface area (Å²) in [4.78, 5) is 13.0. The number of carbonyl (C=O) groups is 1. The molecule has 0 saturated carbocycles. The molecule has 14 heavy (non-hydrogen) atoms. The molecule has 76 valence electrons. The van der Waals surface area contributed by atoms with Crippen molar-refractivity contribution < 1.29 is 4.79 Å². The van der Waals surface area contributed by atoms with Crippen LogP contribution in [0.1, 0.15) is 17.3 Å². The van der Waals surface area contributed by atoms with E-state index in [-0.39, 0.29) is 0 Å². The molecule has 4 nitrogen and oxygen atoms in total. The van der Waals surface area contributed by atoms with Gasteiger partial charge in [-0.3, -0.25) is 4.79 Å². The van der Waals surface area contributed by atoms with E-state index in [4.69, 9.17) is 11.5 Å². The second-order valence-corrected chi connectivity index (χ2v) is 3.15. The fraction of sp³-hybridized carbons (Fsp3) is 0.300. The Morgan fingerprint density at radius 2 is 2.14 bits per heavy atom. The van der Waals surface area contributed by atoms with Gasteiger partial charge in [0.15, 0.2) is 0 Å². The van der Waals surface area contributed by atoms with Crippen LogP contribution < -0.4 is 16.4 Å². The second-order valence-electron chi connectivity index (χ2n) is 3.15. The lowest BCUT2D eigenvalue weighted by Gasteiger charge is -2.17. The topological polar surface area (TPSA) is 72.3 Å². The van der Waals surface area contributed by atoms with Crippen LogP contribution in [0.3, 0.4) is 0 Å². The number of nitrogen functional groups attached to an aromatic ring is 1. The van der Waals surface area contributed by atoms with Gasteiger partial charge in [0, 0.05) is 25.0 Å². The third-order valence-corrected chi connectivity index (χ3v) is 2.22. The predicted molar refractivity (Wildman–Crippen MR) is 58.3 cm³/mol. The van der Waals surface area contributed by atoms with E-state index in [1.165, 1.54) is 0 Å². The molecule has 0 atom stereocenters. The number of benzene rings is 1. The number of hydrogen-bond donors (Lipinski definition) is 2. The van der Waals surface area contributed by atoms with Gasteiger partial charge in [0.2, 0.25) is 0 Å². The van der Waals surface area contributed by atoms with E-state index in [0.29, 0.717) is 11.3 Å². The Balaban J connectivity index is 3.12. The van der Waals surface area contributed by atoms with Crippen molar-refractivity contribution in [3.8, 4) is 0 Å². The van der Waals surface area contributed by atoms with Gasteiger partial charge in [-0.2, -0.15) is 0 Å². The summed E-state index contributed by atoms with van der Waals surface area (Å²) in [6.07, 6.45) is 0. The van der Waals surface area contributed by atoms with Crippen LogP contribution in [0.2, 0.25) is 0 Å². The molecule has 0 aliphatic carbocycles. The van der Waals surface area contributed by atoms with Gasteiger partial charge in [0.05, 0.1) is 5.56 Å². The van der Waals surface area contributed by atoms with Gasteiger partial charge in [-0.15, -0.1) is 0 Å². The van der Waals surface area contributed by atoms with Crippen LogP contribution in [0.5, 0.6) is 0 Å². The summed E-state index contributed by atoms with van der Waals surface area (Å²) in [5.41, 5.74) is 12.5. The SMILES string of the molecule is CCN(C)c1ccc(N)c(C(N)=O)c1. The number of carbonyl (C=O) groups excluding carboxylic acids is 1. The first-order chi connectivity index (χ1) is 6.56. The van der Waals surface area contributed by atoms with E-state index in [9.17, 15) is 4.79 Å². The molecule has 0 bridgehead atoms. The normalized spacial score (nSPS) is 9.86. The maximum atomic E-state index is 11.0. The van der Waals surface area contributed by atoms with Crippen molar-refractivity contribution in [1.29, 1.82) is 0 Å². The molecule has 4 heteroatoms. The first-order valence-corrected chi connectivity index (χ1v) is 4.46. The van der Waals surface area contributed by atoms with Gasteiger partial charge in [-0.05, 0) is 25.1 Å². The molecule has 0 saturated heterocycles. The zero-order valence-corrected chi connectivity index (χ0v) is 8.45. The molecule has 0 aliphatic heterocycles. The minimum Gasteiger partial charge on any atom is -0.398 e. The number of amides is 1. The van der Waals surface area contributed by atoms with Crippen LogP contribution in [0.15, 0.2) is 18.2 Å². The molecule has 1 aromatic carbocycles. The average molecular weight is 193 g/mol. The van der Waals surface area contributed by atoms with E-state index < -0.39 is 5.91 Å². The highest BCUT2D eigenvalue weighted by atomic mass is 16.1. The fourth-order valence-electron chi connectivity index (χ4n) is 1.18. The fourth-order valence-corrected chi connectivity index (χ4v) is 1.18. The summed E-state index contributed by atoms with van der Waals surface area (Å²) in [6, 6.07) is 5.27. The summed E-state index contributed by atoms with van der Waals surface area (Å²) in [6.45, 7) is 2.89. The quantitative estimate of drug-likeness (QED) is 0.698. The van der Waals surface area contributed by atoms with Crippen LogP contribution in [0.4, 0.5) is 11.4 Å². The van der Waals surface area contributed by atoms with Gasteiger partial charge in [0.1, 0.15) is 0 Å². The predicted octanol–water partition coefficient (Wildman–Crippen LogP) is 0.824. The minimum atomic E-state index is -0.492. The molecule has 0 unspecified atom stereocenters. The monoisotopic (exact) mass is 193 g/mol. The molecule has 0 fully saturated rings. The number of nitrogens with two attached hydrogens (primary N) is 2. The lowest BCUT2D eigenvalue weighted by Crippen LogP contribution is -2.18. The van der Waals surface area contributed by atoms with Crippen molar-refractivity contribution in [2.75, 3.05) is 24.2 Å². The van der Waals surface area contributed by atoms with E-state index in [2.05, 4.69) is 0 Å². The summed E-state index contributed by atoms with van der Waals surface area (Å²) in [5, 5.41) is 0. The third kappa shape index (κ3) is 1.96. The van der Waals surface area contributed by atoms with Crippen LogP contribution >= 0.6 is 0 Å². The van der Waals surface area contributed by atoms with E-state index >= 15 is 0 Å². The highest BCUT2D eigenvalue weighted by Crippen LogP contribution is 2.19. The number of primary amides is 1. The maximum absolute atomic E-state index is 11.0. The van der Waals surface area contributed by atoms with Crippen LogP contribution in [0.25, 0.3) is 0 Å². The first kappa shape index (κ1) is 10.4. The molecule has 1 aromatic rings. The van der Waals surface area contributed by atoms with Crippen molar-refractivity contribution in [3.63, 3.8) is 0 Å². The Kier molecular flexibility index (Phi) is 2.96. The lowest BCUT2D eigenvalue weighted by atomic mass is 10.1. The van der Waals surface area contributed by atoms with Gasteiger partial charge in [-0.1, -0.05) is 0 Å². The number of hydrogen-bond acceptors (Lipinski definition) is 3. The van der Waals surface area contributed by atoms with Crippen molar-refractivity contribution >= 4 is 17.3 Å².